The molecule has 0 spiro atoms. The molecule has 154 valence electrons. The molecule has 3 aromatic rings. The minimum atomic E-state index is -0.402. The topological polar surface area (TPSA) is 90.6 Å². The first kappa shape index (κ1) is 20.2. The Bertz CT molecular complexity index is 1160. The van der Waals surface area contributed by atoms with E-state index in [4.69, 9.17) is 32.8 Å². The SMILES string of the molecule is Cc1cc(C(=O)Nc2c(C)cc(Cl)cc2C2=NOCCO2)n(-c2ncccc2Cl)n1. The lowest BCUT2D eigenvalue weighted by atomic mass is 10.1. The molecule has 8 nitrogen and oxygen atoms in total. The van der Waals surface area contributed by atoms with Crippen LogP contribution >= 0.6 is 23.2 Å². The van der Waals surface area contributed by atoms with Gasteiger partial charge in [0, 0.05) is 11.2 Å². The van der Waals surface area contributed by atoms with E-state index in [2.05, 4.69) is 20.6 Å². The molecule has 0 saturated heterocycles. The van der Waals surface area contributed by atoms with Gasteiger partial charge in [-0.25, -0.2) is 9.67 Å². The van der Waals surface area contributed by atoms with Crippen molar-refractivity contribution in [3.05, 3.63) is 69.1 Å². The van der Waals surface area contributed by atoms with Crippen molar-refractivity contribution >= 4 is 40.7 Å². The predicted octanol–water partition coefficient (Wildman–Crippen LogP) is 4.15. The summed E-state index contributed by atoms with van der Waals surface area (Å²) in [5.74, 6) is 0.208. The van der Waals surface area contributed by atoms with Crippen LogP contribution in [0.15, 0.2) is 41.7 Å². The van der Waals surface area contributed by atoms with E-state index in [0.717, 1.165) is 5.56 Å². The quantitative estimate of drug-likeness (QED) is 0.650. The number of pyridine rings is 1. The first-order chi connectivity index (χ1) is 14.4. The Morgan fingerprint density at radius 2 is 2.03 bits per heavy atom. The molecule has 0 bridgehead atoms. The van der Waals surface area contributed by atoms with Crippen LogP contribution in [0.5, 0.6) is 0 Å². The van der Waals surface area contributed by atoms with Crippen molar-refractivity contribution in [3.8, 4) is 5.82 Å². The number of rotatable bonds is 4. The van der Waals surface area contributed by atoms with Crippen LogP contribution in [0.2, 0.25) is 10.0 Å². The van der Waals surface area contributed by atoms with Crippen LogP contribution in [0.3, 0.4) is 0 Å². The number of amides is 1. The molecule has 3 heterocycles. The van der Waals surface area contributed by atoms with E-state index in [9.17, 15) is 4.79 Å². The number of benzene rings is 1. The highest BCUT2D eigenvalue weighted by molar-refractivity contribution is 6.32. The zero-order valence-corrected chi connectivity index (χ0v) is 17.7. The highest BCUT2D eigenvalue weighted by atomic mass is 35.5. The zero-order chi connectivity index (χ0) is 21.3. The molecule has 2 aromatic heterocycles. The molecule has 4 rings (SSSR count). The summed E-state index contributed by atoms with van der Waals surface area (Å²) in [5.41, 5.74) is 2.68. The molecule has 0 aliphatic carbocycles. The highest BCUT2D eigenvalue weighted by Crippen LogP contribution is 2.28. The minimum Gasteiger partial charge on any atom is -0.471 e. The lowest BCUT2D eigenvalue weighted by molar-refractivity contribution is 0.0656. The van der Waals surface area contributed by atoms with E-state index in [0.29, 0.717) is 46.0 Å². The van der Waals surface area contributed by atoms with E-state index < -0.39 is 5.91 Å². The van der Waals surface area contributed by atoms with Gasteiger partial charge in [-0.2, -0.15) is 5.10 Å². The van der Waals surface area contributed by atoms with Gasteiger partial charge in [0.1, 0.15) is 12.3 Å². The van der Waals surface area contributed by atoms with E-state index in [1.807, 2.05) is 6.92 Å². The van der Waals surface area contributed by atoms with Crippen LogP contribution in [0.25, 0.3) is 5.82 Å². The van der Waals surface area contributed by atoms with Gasteiger partial charge >= 0.3 is 0 Å². The summed E-state index contributed by atoms with van der Waals surface area (Å²) < 4.78 is 7.00. The molecule has 10 heteroatoms. The molecule has 0 atom stereocenters. The van der Waals surface area contributed by atoms with Crippen molar-refractivity contribution in [2.75, 3.05) is 18.5 Å². The Labute approximate surface area is 182 Å². The third kappa shape index (κ3) is 3.96. The number of anilines is 1. The van der Waals surface area contributed by atoms with Gasteiger partial charge in [-0.3, -0.25) is 4.79 Å². The van der Waals surface area contributed by atoms with Crippen molar-refractivity contribution in [3.63, 3.8) is 0 Å². The van der Waals surface area contributed by atoms with Crippen LogP contribution in [0.4, 0.5) is 5.69 Å². The van der Waals surface area contributed by atoms with Gasteiger partial charge in [0.05, 0.1) is 22.0 Å². The second kappa shape index (κ2) is 8.33. The Hall–Kier alpha value is -3.10. The van der Waals surface area contributed by atoms with Crippen LogP contribution in [-0.2, 0) is 9.57 Å². The Balaban J connectivity index is 1.74. The number of oxime groups is 1. The minimum absolute atomic E-state index is 0.250. The lowest BCUT2D eigenvalue weighted by Gasteiger charge is -2.18. The summed E-state index contributed by atoms with van der Waals surface area (Å²) in [4.78, 5) is 22.6. The third-order valence-corrected chi connectivity index (χ3v) is 4.85. The Morgan fingerprint density at radius 3 is 2.77 bits per heavy atom. The normalized spacial score (nSPS) is 13.3. The largest absolute Gasteiger partial charge is 0.471 e. The van der Waals surface area contributed by atoms with Crippen LogP contribution in [0, 0.1) is 13.8 Å². The maximum atomic E-state index is 13.2. The number of carbonyl (C=O) groups excluding carboxylic acids is 1. The van der Waals surface area contributed by atoms with Crippen molar-refractivity contribution in [1.29, 1.82) is 0 Å². The monoisotopic (exact) mass is 445 g/mol. The van der Waals surface area contributed by atoms with E-state index >= 15 is 0 Å². The van der Waals surface area contributed by atoms with Gasteiger partial charge in [-0.15, -0.1) is 0 Å². The maximum Gasteiger partial charge on any atom is 0.274 e. The second-order valence-corrected chi connectivity index (χ2v) is 7.41. The molecule has 0 unspecified atom stereocenters. The van der Waals surface area contributed by atoms with Crippen molar-refractivity contribution in [2.24, 2.45) is 5.16 Å². The summed E-state index contributed by atoms with van der Waals surface area (Å²) in [6.45, 7) is 4.31. The number of aromatic nitrogens is 3. The zero-order valence-electron chi connectivity index (χ0n) is 16.1. The molecule has 30 heavy (non-hydrogen) atoms. The lowest BCUT2D eigenvalue weighted by Crippen LogP contribution is -2.22. The van der Waals surface area contributed by atoms with Crippen molar-refractivity contribution in [2.45, 2.75) is 13.8 Å². The maximum absolute atomic E-state index is 13.2. The third-order valence-electron chi connectivity index (χ3n) is 4.33. The number of carbonyl (C=O) groups is 1. The molecule has 1 aliphatic heterocycles. The predicted molar refractivity (Wildman–Crippen MR) is 114 cm³/mol. The van der Waals surface area contributed by atoms with Gasteiger partial charge in [0.25, 0.3) is 11.8 Å². The fourth-order valence-corrected chi connectivity index (χ4v) is 3.52. The van der Waals surface area contributed by atoms with Crippen LogP contribution in [-0.4, -0.2) is 39.8 Å². The number of nitrogens with one attached hydrogen (secondary N) is 1. The first-order valence-electron chi connectivity index (χ1n) is 9.06. The molecule has 0 saturated carbocycles. The van der Waals surface area contributed by atoms with Gasteiger partial charge < -0.3 is 14.9 Å². The number of hydrogen-bond donors (Lipinski definition) is 1. The summed E-state index contributed by atoms with van der Waals surface area (Å²) in [6, 6.07) is 8.45. The van der Waals surface area contributed by atoms with E-state index in [-0.39, 0.29) is 11.6 Å². The molecule has 0 fully saturated rings. The van der Waals surface area contributed by atoms with Crippen LogP contribution in [0.1, 0.15) is 27.3 Å². The number of hydrogen-bond acceptors (Lipinski definition) is 6. The average Bonchev–Trinajstić information content (AvgIpc) is 3.12. The average molecular weight is 446 g/mol. The van der Waals surface area contributed by atoms with E-state index in [1.165, 1.54) is 4.68 Å². The summed E-state index contributed by atoms with van der Waals surface area (Å²) in [6.07, 6.45) is 1.58. The van der Waals surface area contributed by atoms with Crippen LogP contribution < -0.4 is 5.32 Å². The standard InChI is InChI=1S/C20H17Cl2N5O3/c1-11-8-13(21)10-14(20-26-30-7-6-29-20)17(11)24-19(28)16-9-12(2)25-27(16)18-15(22)4-3-5-23-18/h3-5,8-10H,6-7H2,1-2H3,(H,24,28). The smallest absolute Gasteiger partial charge is 0.274 e. The molecule has 1 amide bonds. The van der Waals surface area contributed by atoms with Gasteiger partial charge in [0.2, 0.25) is 0 Å². The summed E-state index contributed by atoms with van der Waals surface area (Å²) >= 11 is 12.5. The summed E-state index contributed by atoms with van der Waals surface area (Å²) in [5, 5.41) is 12.1. The van der Waals surface area contributed by atoms with E-state index in [1.54, 1.807) is 43.5 Å². The molecular weight excluding hydrogens is 429 g/mol. The first-order valence-corrected chi connectivity index (χ1v) is 9.82. The fourth-order valence-electron chi connectivity index (χ4n) is 3.04. The van der Waals surface area contributed by atoms with Gasteiger partial charge in [-0.1, -0.05) is 23.2 Å². The van der Waals surface area contributed by atoms with Crippen molar-refractivity contribution in [1.82, 2.24) is 14.8 Å². The molecule has 1 aromatic carbocycles. The second-order valence-electron chi connectivity index (χ2n) is 6.57. The number of ether oxygens (including phenoxy) is 1. The number of aryl methyl sites for hydroxylation is 2. The van der Waals surface area contributed by atoms with Gasteiger partial charge in [0.15, 0.2) is 12.4 Å². The summed E-state index contributed by atoms with van der Waals surface area (Å²) in [7, 11) is 0. The number of halogens is 2. The van der Waals surface area contributed by atoms with Gasteiger partial charge in [-0.05, 0) is 54.9 Å². The fraction of sp³-hybridized carbons (Fsp3) is 0.200. The highest BCUT2D eigenvalue weighted by Gasteiger charge is 2.23. The molecule has 1 aliphatic rings. The van der Waals surface area contributed by atoms with Crippen molar-refractivity contribution < 1.29 is 14.4 Å². The molecule has 0 radical (unpaired) electrons. The Kier molecular flexibility index (Phi) is 5.61. The number of nitrogens with zero attached hydrogens (tertiary/aromatic N) is 4. The molecule has 1 N–H and O–H groups in total. The molecular formula is C20H17Cl2N5O3. The Morgan fingerprint density at radius 1 is 1.20 bits per heavy atom.